The van der Waals surface area contributed by atoms with E-state index >= 15 is 0 Å². The maximum atomic E-state index is 12.2. The van der Waals surface area contributed by atoms with Crippen molar-refractivity contribution in [2.24, 2.45) is 0 Å². The van der Waals surface area contributed by atoms with Crippen LogP contribution in [0.3, 0.4) is 0 Å². The Hall–Kier alpha value is -1.04. The SMILES string of the molecule is Cc1cc(S(=O)(=O)NCCC2=CCCC2)cc(N)c1Cl. The second kappa shape index (κ2) is 6.16. The Labute approximate surface area is 125 Å². The average Bonchev–Trinajstić information content (AvgIpc) is 2.88. The first-order valence-corrected chi connectivity index (χ1v) is 8.49. The van der Waals surface area contributed by atoms with Gasteiger partial charge in [0.05, 0.1) is 15.6 Å². The Morgan fingerprint density at radius 1 is 1.40 bits per heavy atom. The number of halogens is 1. The zero-order valence-electron chi connectivity index (χ0n) is 11.4. The molecule has 0 atom stereocenters. The third-order valence-electron chi connectivity index (χ3n) is 3.44. The van der Waals surface area contributed by atoms with Gasteiger partial charge in [0.25, 0.3) is 0 Å². The summed E-state index contributed by atoms with van der Waals surface area (Å²) in [6.45, 7) is 2.15. The van der Waals surface area contributed by atoms with E-state index in [9.17, 15) is 8.42 Å². The van der Waals surface area contributed by atoms with Gasteiger partial charge in [-0.15, -0.1) is 0 Å². The molecule has 1 aliphatic carbocycles. The van der Waals surface area contributed by atoms with E-state index in [-0.39, 0.29) is 10.6 Å². The molecular formula is C14H19ClN2O2S. The second-order valence-corrected chi connectivity index (χ2v) is 7.19. The summed E-state index contributed by atoms with van der Waals surface area (Å²) in [5.74, 6) is 0. The third kappa shape index (κ3) is 3.53. The number of hydrogen-bond acceptors (Lipinski definition) is 3. The maximum Gasteiger partial charge on any atom is 0.240 e. The fourth-order valence-electron chi connectivity index (χ4n) is 2.31. The molecule has 0 aromatic heterocycles. The highest BCUT2D eigenvalue weighted by Crippen LogP contribution is 2.27. The molecule has 4 nitrogen and oxygen atoms in total. The lowest BCUT2D eigenvalue weighted by atomic mass is 10.2. The lowest BCUT2D eigenvalue weighted by molar-refractivity contribution is 0.581. The molecule has 0 unspecified atom stereocenters. The first-order valence-electron chi connectivity index (χ1n) is 6.63. The van der Waals surface area contributed by atoms with Gasteiger partial charge >= 0.3 is 0 Å². The fraction of sp³-hybridized carbons (Fsp3) is 0.429. The predicted octanol–water partition coefficient (Wildman–Crippen LogP) is 3.01. The van der Waals surface area contributed by atoms with Crippen molar-refractivity contribution >= 4 is 27.3 Å². The van der Waals surface area contributed by atoms with Crippen LogP contribution < -0.4 is 10.5 Å². The number of hydrogen-bond donors (Lipinski definition) is 2. The summed E-state index contributed by atoms with van der Waals surface area (Å²) in [5, 5.41) is 0.403. The van der Waals surface area contributed by atoms with Gasteiger partial charge in [0.2, 0.25) is 10.0 Å². The number of benzene rings is 1. The van der Waals surface area contributed by atoms with Gasteiger partial charge in [0.1, 0.15) is 0 Å². The predicted molar refractivity (Wildman–Crippen MR) is 82.3 cm³/mol. The Morgan fingerprint density at radius 2 is 2.15 bits per heavy atom. The average molecular weight is 315 g/mol. The molecule has 0 fully saturated rings. The minimum Gasteiger partial charge on any atom is -0.397 e. The van der Waals surface area contributed by atoms with Crippen LogP contribution in [0.15, 0.2) is 28.7 Å². The zero-order valence-corrected chi connectivity index (χ0v) is 13.0. The van der Waals surface area contributed by atoms with Crippen molar-refractivity contribution in [1.29, 1.82) is 0 Å². The normalized spacial score (nSPS) is 15.4. The summed E-state index contributed by atoms with van der Waals surface area (Å²) in [6.07, 6.45) is 6.32. The molecule has 2 rings (SSSR count). The van der Waals surface area contributed by atoms with Gasteiger partial charge in [-0.25, -0.2) is 13.1 Å². The lowest BCUT2D eigenvalue weighted by Gasteiger charge is -2.10. The van der Waals surface area contributed by atoms with Gasteiger partial charge < -0.3 is 5.73 Å². The molecule has 1 aliphatic rings. The van der Waals surface area contributed by atoms with Crippen molar-refractivity contribution in [1.82, 2.24) is 4.72 Å². The molecule has 1 aromatic carbocycles. The van der Waals surface area contributed by atoms with E-state index in [0.29, 0.717) is 17.1 Å². The summed E-state index contributed by atoms with van der Waals surface area (Å²) in [5.41, 5.74) is 7.99. The van der Waals surface area contributed by atoms with Crippen molar-refractivity contribution < 1.29 is 8.42 Å². The summed E-state index contributed by atoms with van der Waals surface area (Å²) in [4.78, 5) is 0.164. The fourth-order valence-corrected chi connectivity index (χ4v) is 3.57. The molecule has 110 valence electrons. The number of nitrogens with one attached hydrogen (secondary N) is 1. The van der Waals surface area contributed by atoms with E-state index in [1.807, 2.05) is 0 Å². The van der Waals surface area contributed by atoms with Crippen LogP contribution >= 0.6 is 11.6 Å². The molecule has 0 bridgehead atoms. The van der Waals surface area contributed by atoms with Crippen molar-refractivity contribution in [2.75, 3.05) is 12.3 Å². The molecule has 0 spiro atoms. The van der Waals surface area contributed by atoms with Crippen LogP contribution in [0, 0.1) is 6.92 Å². The number of allylic oxidation sites excluding steroid dienone is 1. The molecule has 0 heterocycles. The molecular weight excluding hydrogens is 296 g/mol. The maximum absolute atomic E-state index is 12.2. The van der Waals surface area contributed by atoms with Crippen LogP contribution in [0.2, 0.25) is 5.02 Å². The minimum absolute atomic E-state index is 0.164. The second-order valence-electron chi connectivity index (χ2n) is 5.05. The third-order valence-corrected chi connectivity index (χ3v) is 5.40. The van der Waals surface area contributed by atoms with E-state index in [2.05, 4.69) is 10.8 Å². The van der Waals surface area contributed by atoms with E-state index in [0.717, 1.165) is 19.3 Å². The molecule has 6 heteroatoms. The largest absolute Gasteiger partial charge is 0.397 e. The Kier molecular flexibility index (Phi) is 4.73. The van der Waals surface area contributed by atoms with E-state index in [1.54, 1.807) is 6.92 Å². The van der Waals surface area contributed by atoms with Crippen LogP contribution in [-0.2, 0) is 10.0 Å². The Balaban J connectivity index is 2.06. The summed E-state index contributed by atoms with van der Waals surface area (Å²) < 4.78 is 27.0. The molecule has 20 heavy (non-hydrogen) atoms. The number of rotatable bonds is 5. The van der Waals surface area contributed by atoms with Crippen molar-refractivity contribution in [2.45, 2.75) is 37.5 Å². The summed E-state index contributed by atoms with van der Waals surface area (Å²) in [7, 11) is -3.53. The number of nitrogens with two attached hydrogens (primary N) is 1. The van der Waals surface area contributed by atoms with E-state index in [1.165, 1.54) is 24.1 Å². The zero-order chi connectivity index (χ0) is 14.8. The van der Waals surface area contributed by atoms with Crippen LogP contribution in [-0.4, -0.2) is 15.0 Å². The number of sulfonamides is 1. The molecule has 0 radical (unpaired) electrons. The standard InChI is InChI=1S/C14H19ClN2O2S/c1-10-8-12(9-13(16)14(10)15)20(18,19)17-7-6-11-4-2-3-5-11/h4,8-9,17H,2-3,5-7,16H2,1H3. The topological polar surface area (TPSA) is 72.2 Å². The number of aryl methyl sites for hydroxylation is 1. The molecule has 0 aliphatic heterocycles. The summed E-state index contributed by atoms with van der Waals surface area (Å²) in [6, 6.07) is 2.93. The van der Waals surface area contributed by atoms with Crippen LogP contribution in [0.1, 0.15) is 31.2 Å². The quantitative estimate of drug-likeness (QED) is 0.648. The number of nitrogen functional groups attached to an aromatic ring is 1. The first kappa shape index (κ1) is 15.4. The van der Waals surface area contributed by atoms with Gasteiger partial charge in [-0.05, 0) is 50.3 Å². The monoisotopic (exact) mass is 314 g/mol. The summed E-state index contributed by atoms with van der Waals surface area (Å²) >= 11 is 5.94. The van der Waals surface area contributed by atoms with Crippen LogP contribution in [0.5, 0.6) is 0 Å². The highest BCUT2D eigenvalue weighted by atomic mass is 35.5. The van der Waals surface area contributed by atoms with E-state index < -0.39 is 10.0 Å². The Morgan fingerprint density at radius 3 is 2.75 bits per heavy atom. The van der Waals surface area contributed by atoms with Gasteiger partial charge in [-0.1, -0.05) is 23.3 Å². The highest BCUT2D eigenvalue weighted by molar-refractivity contribution is 7.89. The van der Waals surface area contributed by atoms with Crippen molar-refractivity contribution in [3.8, 4) is 0 Å². The molecule has 1 aromatic rings. The Bertz CT molecular complexity index is 616. The minimum atomic E-state index is -3.53. The van der Waals surface area contributed by atoms with Gasteiger partial charge in [0.15, 0.2) is 0 Å². The van der Waals surface area contributed by atoms with Gasteiger partial charge in [0, 0.05) is 6.54 Å². The molecule has 0 saturated carbocycles. The first-order chi connectivity index (χ1) is 9.40. The molecule has 0 amide bonds. The van der Waals surface area contributed by atoms with E-state index in [4.69, 9.17) is 17.3 Å². The van der Waals surface area contributed by atoms with Crippen molar-refractivity contribution in [3.63, 3.8) is 0 Å². The van der Waals surface area contributed by atoms with Gasteiger partial charge in [-0.2, -0.15) is 0 Å². The number of anilines is 1. The van der Waals surface area contributed by atoms with Crippen molar-refractivity contribution in [3.05, 3.63) is 34.4 Å². The lowest BCUT2D eigenvalue weighted by Crippen LogP contribution is -2.25. The van der Waals surface area contributed by atoms with Crippen LogP contribution in [0.25, 0.3) is 0 Å². The smallest absolute Gasteiger partial charge is 0.240 e. The molecule has 3 N–H and O–H groups in total. The van der Waals surface area contributed by atoms with Crippen LogP contribution in [0.4, 0.5) is 5.69 Å². The highest BCUT2D eigenvalue weighted by Gasteiger charge is 2.16. The van der Waals surface area contributed by atoms with Gasteiger partial charge in [-0.3, -0.25) is 0 Å². The molecule has 0 saturated heterocycles.